The molecule has 0 aliphatic heterocycles. The van der Waals surface area contributed by atoms with Gasteiger partial charge in [-0.1, -0.05) is 31.9 Å². The van der Waals surface area contributed by atoms with Gasteiger partial charge in [0.2, 0.25) is 0 Å². The molecule has 0 bridgehead atoms. The van der Waals surface area contributed by atoms with E-state index in [2.05, 4.69) is 31.9 Å². The molecule has 7 heteroatoms. The van der Waals surface area contributed by atoms with Crippen LogP contribution in [0.2, 0.25) is 0 Å². The number of ketones is 1. The Morgan fingerprint density at radius 3 is 2.32 bits per heavy atom. The van der Waals surface area contributed by atoms with Gasteiger partial charge in [0.25, 0.3) is 0 Å². The van der Waals surface area contributed by atoms with E-state index < -0.39 is 23.3 Å². The van der Waals surface area contributed by atoms with Crippen molar-refractivity contribution in [1.82, 2.24) is 0 Å². The van der Waals surface area contributed by atoms with Crippen LogP contribution in [0.4, 0.5) is 17.6 Å². The molecule has 0 aromatic heterocycles. The zero-order valence-corrected chi connectivity index (χ0v) is 14.0. The average Bonchev–Trinajstić information content (AvgIpc) is 2.38. The molecule has 1 nitrogen and oxygen atoms in total. The standard InChI is InChI=1S/C15H8Br2F4O/c16-11-4-9(5-12(18)7-11)14(22)6-8-3-10(15(19,20)21)1-2-13(8)17/h1-5,7H,6H2. The number of hydrogen-bond donors (Lipinski definition) is 0. The van der Waals surface area contributed by atoms with Crippen LogP contribution < -0.4 is 0 Å². The molecule has 2 aromatic rings. The number of rotatable bonds is 3. The first-order valence-electron chi connectivity index (χ1n) is 6.02. The maximum atomic E-state index is 13.3. The largest absolute Gasteiger partial charge is 0.416 e. The Labute approximate surface area is 140 Å². The molecule has 0 atom stereocenters. The summed E-state index contributed by atoms with van der Waals surface area (Å²) in [6, 6.07) is 6.75. The van der Waals surface area contributed by atoms with Gasteiger partial charge in [-0.15, -0.1) is 0 Å². The van der Waals surface area contributed by atoms with E-state index in [1.807, 2.05) is 0 Å². The summed E-state index contributed by atoms with van der Waals surface area (Å²) in [4.78, 5) is 12.1. The molecule has 0 aliphatic carbocycles. The smallest absolute Gasteiger partial charge is 0.294 e. The second-order valence-electron chi connectivity index (χ2n) is 4.56. The van der Waals surface area contributed by atoms with Crippen molar-refractivity contribution in [3.63, 3.8) is 0 Å². The van der Waals surface area contributed by atoms with Crippen LogP contribution >= 0.6 is 31.9 Å². The van der Waals surface area contributed by atoms with Gasteiger partial charge in [-0.25, -0.2) is 4.39 Å². The number of benzene rings is 2. The van der Waals surface area contributed by atoms with Crippen molar-refractivity contribution in [3.05, 3.63) is 67.9 Å². The van der Waals surface area contributed by atoms with Crippen molar-refractivity contribution in [3.8, 4) is 0 Å². The molecule has 0 unspecified atom stereocenters. The van der Waals surface area contributed by atoms with Crippen LogP contribution in [-0.4, -0.2) is 5.78 Å². The second-order valence-corrected chi connectivity index (χ2v) is 6.33. The summed E-state index contributed by atoms with van der Waals surface area (Å²) >= 11 is 6.19. The van der Waals surface area contributed by atoms with E-state index in [0.29, 0.717) is 8.95 Å². The molecule has 0 fully saturated rings. The SMILES string of the molecule is O=C(Cc1cc(C(F)(F)F)ccc1Br)c1cc(F)cc(Br)c1. The van der Waals surface area contributed by atoms with Gasteiger partial charge < -0.3 is 0 Å². The Balaban J connectivity index is 2.32. The molecule has 0 spiro atoms. The normalized spacial score (nSPS) is 11.5. The van der Waals surface area contributed by atoms with Crippen LogP contribution in [0.3, 0.4) is 0 Å². The van der Waals surface area contributed by atoms with Crippen LogP contribution in [0.5, 0.6) is 0 Å². The fraction of sp³-hybridized carbons (Fsp3) is 0.133. The molecule has 0 aliphatic rings. The lowest BCUT2D eigenvalue weighted by molar-refractivity contribution is -0.137. The summed E-state index contributed by atoms with van der Waals surface area (Å²) in [7, 11) is 0. The predicted molar refractivity (Wildman–Crippen MR) is 81.3 cm³/mol. The zero-order chi connectivity index (χ0) is 16.5. The fourth-order valence-electron chi connectivity index (χ4n) is 1.88. The highest BCUT2D eigenvalue weighted by molar-refractivity contribution is 9.10. The minimum atomic E-state index is -4.49. The fourth-order valence-corrected chi connectivity index (χ4v) is 2.73. The molecule has 0 radical (unpaired) electrons. The number of alkyl halides is 3. The summed E-state index contributed by atoms with van der Waals surface area (Å²) in [6.45, 7) is 0. The number of carbonyl (C=O) groups is 1. The zero-order valence-electron chi connectivity index (χ0n) is 10.8. The van der Waals surface area contributed by atoms with Gasteiger partial charge in [-0.3, -0.25) is 4.79 Å². The summed E-state index contributed by atoms with van der Waals surface area (Å²) in [6.07, 6.45) is -4.75. The number of halogens is 6. The van der Waals surface area contributed by atoms with E-state index in [0.717, 1.165) is 18.2 Å². The van der Waals surface area contributed by atoms with Gasteiger partial charge in [-0.2, -0.15) is 13.2 Å². The van der Waals surface area contributed by atoms with Gasteiger partial charge in [-0.05, 0) is 42.0 Å². The Morgan fingerprint density at radius 2 is 1.73 bits per heavy atom. The van der Waals surface area contributed by atoms with Crippen molar-refractivity contribution in [1.29, 1.82) is 0 Å². The molecular formula is C15H8Br2F4O. The average molecular weight is 440 g/mol. The number of Topliss-reactive ketones (excluding diaryl/α,β-unsaturated/α-hetero) is 1. The van der Waals surface area contributed by atoms with Gasteiger partial charge in [0.1, 0.15) is 5.82 Å². The van der Waals surface area contributed by atoms with E-state index >= 15 is 0 Å². The molecule has 2 rings (SSSR count). The molecule has 0 N–H and O–H groups in total. The van der Waals surface area contributed by atoms with E-state index in [-0.39, 0.29) is 17.5 Å². The van der Waals surface area contributed by atoms with E-state index in [1.165, 1.54) is 18.2 Å². The first-order valence-corrected chi connectivity index (χ1v) is 7.60. The monoisotopic (exact) mass is 438 g/mol. The van der Waals surface area contributed by atoms with E-state index in [9.17, 15) is 22.4 Å². The minimum Gasteiger partial charge on any atom is -0.294 e. The summed E-state index contributed by atoms with van der Waals surface area (Å²) < 4.78 is 52.2. The molecule has 0 saturated heterocycles. The highest BCUT2D eigenvalue weighted by Crippen LogP contribution is 2.32. The Bertz CT molecular complexity index is 706. The van der Waals surface area contributed by atoms with Gasteiger partial charge in [0.05, 0.1) is 5.56 Å². The molecular weight excluding hydrogens is 432 g/mol. The lowest BCUT2D eigenvalue weighted by Gasteiger charge is -2.10. The van der Waals surface area contributed by atoms with Crippen molar-refractivity contribution in [2.75, 3.05) is 0 Å². The summed E-state index contributed by atoms with van der Waals surface area (Å²) in [5.41, 5.74) is -0.546. The highest BCUT2D eigenvalue weighted by Gasteiger charge is 2.31. The molecule has 22 heavy (non-hydrogen) atoms. The second kappa shape index (κ2) is 6.50. The minimum absolute atomic E-state index is 0.0937. The topological polar surface area (TPSA) is 17.1 Å². The maximum absolute atomic E-state index is 13.3. The van der Waals surface area contributed by atoms with Crippen molar-refractivity contribution >= 4 is 37.6 Å². The third kappa shape index (κ3) is 4.16. The maximum Gasteiger partial charge on any atom is 0.416 e. The van der Waals surface area contributed by atoms with Gasteiger partial charge in [0.15, 0.2) is 5.78 Å². The summed E-state index contributed by atoms with van der Waals surface area (Å²) in [5.74, 6) is -1.07. The van der Waals surface area contributed by atoms with Crippen LogP contribution in [0.25, 0.3) is 0 Å². The Hall–Kier alpha value is -1.21. The van der Waals surface area contributed by atoms with Crippen LogP contribution in [0.1, 0.15) is 21.5 Å². The Kier molecular flexibility index (Phi) is 5.07. The van der Waals surface area contributed by atoms with Crippen LogP contribution in [0, 0.1) is 5.82 Å². The lowest BCUT2D eigenvalue weighted by Crippen LogP contribution is -2.09. The summed E-state index contributed by atoms with van der Waals surface area (Å²) in [5, 5.41) is 0. The quantitative estimate of drug-likeness (QED) is 0.436. The first kappa shape index (κ1) is 17.1. The van der Waals surface area contributed by atoms with Crippen LogP contribution in [-0.2, 0) is 12.6 Å². The molecule has 0 heterocycles. The lowest BCUT2D eigenvalue weighted by atomic mass is 10.0. The molecule has 116 valence electrons. The molecule has 0 amide bonds. The van der Waals surface area contributed by atoms with Crippen molar-refractivity contribution in [2.45, 2.75) is 12.6 Å². The predicted octanol–water partition coefficient (Wildman–Crippen LogP) is 5.79. The van der Waals surface area contributed by atoms with E-state index in [4.69, 9.17) is 0 Å². The number of hydrogen-bond acceptors (Lipinski definition) is 1. The molecule has 2 aromatic carbocycles. The third-order valence-electron chi connectivity index (χ3n) is 2.91. The van der Waals surface area contributed by atoms with Gasteiger partial charge in [0, 0.05) is 20.9 Å². The molecule has 0 saturated carbocycles. The van der Waals surface area contributed by atoms with Crippen LogP contribution in [0.15, 0.2) is 45.3 Å². The Morgan fingerprint density at radius 1 is 1.05 bits per heavy atom. The third-order valence-corrected chi connectivity index (χ3v) is 4.14. The van der Waals surface area contributed by atoms with Crippen molar-refractivity contribution in [2.24, 2.45) is 0 Å². The van der Waals surface area contributed by atoms with Gasteiger partial charge >= 0.3 is 6.18 Å². The van der Waals surface area contributed by atoms with Crippen molar-refractivity contribution < 1.29 is 22.4 Å². The highest BCUT2D eigenvalue weighted by atomic mass is 79.9. The van der Waals surface area contributed by atoms with E-state index in [1.54, 1.807) is 0 Å². The first-order chi connectivity index (χ1) is 10.2. The number of carbonyl (C=O) groups excluding carboxylic acids is 1.